The standard InChI is InChI=1S/C10H15N5OS/c11-15-9(6-1-2-6)13-14-10(15)17-5-8(16)12-7-3-4-7/h6-7H,1-5,11H2,(H,12,16). The summed E-state index contributed by atoms with van der Waals surface area (Å²) in [5.41, 5.74) is 0. The van der Waals surface area contributed by atoms with Crippen LogP contribution in [0.15, 0.2) is 5.16 Å². The number of nitrogens with one attached hydrogen (secondary N) is 1. The lowest BCUT2D eigenvalue weighted by molar-refractivity contribution is -0.118. The zero-order valence-electron chi connectivity index (χ0n) is 9.43. The van der Waals surface area contributed by atoms with Gasteiger partial charge in [0, 0.05) is 12.0 Å². The topological polar surface area (TPSA) is 85.8 Å². The Morgan fingerprint density at radius 2 is 2.18 bits per heavy atom. The number of nitrogen functional groups attached to an aromatic ring is 1. The van der Waals surface area contributed by atoms with Gasteiger partial charge in [-0.1, -0.05) is 11.8 Å². The van der Waals surface area contributed by atoms with E-state index in [2.05, 4.69) is 15.5 Å². The number of hydrogen-bond donors (Lipinski definition) is 2. The van der Waals surface area contributed by atoms with Gasteiger partial charge in [-0.2, -0.15) is 0 Å². The molecule has 0 spiro atoms. The molecule has 2 aliphatic carbocycles. The van der Waals surface area contributed by atoms with Crippen molar-refractivity contribution in [3.05, 3.63) is 5.82 Å². The summed E-state index contributed by atoms with van der Waals surface area (Å²) in [5.74, 6) is 7.61. The van der Waals surface area contributed by atoms with Crippen molar-refractivity contribution in [1.29, 1.82) is 0 Å². The lowest BCUT2D eigenvalue weighted by Crippen LogP contribution is -2.27. The monoisotopic (exact) mass is 253 g/mol. The number of rotatable bonds is 5. The second-order valence-electron chi connectivity index (χ2n) is 4.62. The van der Waals surface area contributed by atoms with Gasteiger partial charge in [0.25, 0.3) is 0 Å². The van der Waals surface area contributed by atoms with Crippen LogP contribution in [0.5, 0.6) is 0 Å². The maximum Gasteiger partial charge on any atom is 0.230 e. The van der Waals surface area contributed by atoms with Crippen LogP contribution in [0.25, 0.3) is 0 Å². The average molecular weight is 253 g/mol. The number of aromatic nitrogens is 3. The van der Waals surface area contributed by atoms with Crippen molar-refractivity contribution >= 4 is 17.7 Å². The number of hydrogen-bond acceptors (Lipinski definition) is 5. The molecule has 0 aromatic carbocycles. The molecule has 2 aliphatic rings. The van der Waals surface area contributed by atoms with Gasteiger partial charge in [-0.15, -0.1) is 10.2 Å². The van der Waals surface area contributed by atoms with Crippen LogP contribution in [-0.2, 0) is 4.79 Å². The van der Waals surface area contributed by atoms with Gasteiger partial charge >= 0.3 is 0 Å². The van der Waals surface area contributed by atoms with Gasteiger partial charge in [-0.3, -0.25) is 4.79 Å². The van der Waals surface area contributed by atoms with Crippen molar-refractivity contribution < 1.29 is 4.79 Å². The fraction of sp³-hybridized carbons (Fsp3) is 0.700. The van der Waals surface area contributed by atoms with E-state index in [1.54, 1.807) is 0 Å². The van der Waals surface area contributed by atoms with Crippen molar-refractivity contribution in [1.82, 2.24) is 20.2 Å². The average Bonchev–Trinajstić information content (AvgIpc) is 3.18. The lowest BCUT2D eigenvalue weighted by atomic mass is 10.4. The van der Waals surface area contributed by atoms with E-state index in [0.29, 0.717) is 22.9 Å². The summed E-state index contributed by atoms with van der Waals surface area (Å²) >= 11 is 1.34. The van der Waals surface area contributed by atoms with Gasteiger partial charge in [-0.25, -0.2) is 4.68 Å². The fourth-order valence-corrected chi connectivity index (χ4v) is 2.31. The first-order valence-corrected chi connectivity index (χ1v) is 6.85. The van der Waals surface area contributed by atoms with E-state index in [0.717, 1.165) is 31.5 Å². The van der Waals surface area contributed by atoms with Crippen molar-refractivity contribution in [2.75, 3.05) is 11.6 Å². The van der Waals surface area contributed by atoms with Gasteiger partial charge in [-0.05, 0) is 25.7 Å². The summed E-state index contributed by atoms with van der Waals surface area (Å²) in [6.45, 7) is 0. The van der Waals surface area contributed by atoms with E-state index in [9.17, 15) is 4.79 Å². The quantitative estimate of drug-likeness (QED) is 0.580. The van der Waals surface area contributed by atoms with E-state index >= 15 is 0 Å². The van der Waals surface area contributed by atoms with Gasteiger partial charge in [0.15, 0.2) is 5.82 Å². The molecular formula is C10H15N5OS. The third-order valence-corrected chi connectivity index (χ3v) is 3.85. The van der Waals surface area contributed by atoms with Gasteiger partial charge < -0.3 is 11.2 Å². The molecule has 1 aromatic rings. The molecule has 1 heterocycles. The van der Waals surface area contributed by atoms with Crippen LogP contribution in [-0.4, -0.2) is 32.6 Å². The summed E-state index contributed by atoms with van der Waals surface area (Å²) in [4.78, 5) is 11.5. The molecule has 92 valence electrons. The minimum Gasteiger partial charge on any atom is -0.353 e. The zero-order valence-corrected chi connectivity index (χ0v) is 10.2. The Balaban J connectivity index is 1.54. The van der Waals surface area contributed by atoms with Crippen molar-refractivity contribution in [2.24, 2.45) is 0 Å². The molecule has 0 saturated heterocycles. The fourth-order valence-electron chi connectivity index (χ4n) is 1.63. The van der Waals surface area contributed by atoms with Crippen molar-refractivity contribution in [3.63, 3.8) is 0 Å². The third kappa shape index (κ3) is 2.54. The summed E-state index contributed by atoms with van der Waals surface area (Å²) in [6, 6.07) is 0.404. The molecule has 2 saturated carbocycles. The van der Waals surface area contributed by atoms with Crippen LogP contribution >= 0.6 is 11.8 Å². The minimum atomic E-state index is 0.0495. The maximum atomic E-state index is 11.5. The number of thioether (sulfide) groups is 1. The molecule has 0 radical (unpaired) electrons. The summed E-state index contributed by atoms with van der Waals surface area (Å²) < 4.78 is 1.52. The highest BCUT2D eigenvalue weighted by atomic mass is 32.2. The van der Waals surface area contributed by atoms with Crippen LogP contribution in [0.2, 0.25) is 0 Å². The molecule has 0 atom stereocenters. The Bertz CT molecular complexity index is 438. The Hall–Kier alpha value is -1.24. The van der Waals surface area contributed by atoms with Gasteiger partial charge in [0.2, 0.25) is 11.1 Å². The number of nitrogens with two attached hydrogens (primary N) is 1. The highest BCUT2D eigenvalue weighted by Gasteiger charge is 2.30. The molecule has 3 rings (SSSR count). The van der Waals surface area contributed by atoms with Crippen LogP contribution in [0.1, 0.15) is 37.4 Å². The van der Waals surface area contributed by atoms with Crippen LogP contribution in [0.4, 0.5) is 0 Å². The Morgan fingerprint density at radius 1 is 1.41 bits per heavy atom. The Labute approximate surface area is 103 Å². The van der Waals surface area contributed by atoms with E-state index in [1.165, 1.54) is 16.4 Å². The zero-order chi connectivity index (χ0) is 11.8. The van der Waals surface area contributed by atoms with Gasteiger partial charge in [0.1, 0.15) is 0 Å². The maximum absolute atomic E-state index is 11.5. The van der Waals surface area contributed by atoms with Crippen molar-refractivity contribution in [3.8, 4) is 0 Å². The first-order chi connectivity index (χ1) is 8.24. The molecule has 2 fully saturated rings. The van der Waals surface area contributed by atoms with E-state index in [1.807, 2.05) is 0 Å². The SMILES string of the molecule is Nn1c(SCC(=O)NC2CC2)nnc1C1CC1. The lowest BCUT2D eigenvalue weighted by Gasteiger charge is -2.03. The second kappa shape index (κ2) is 4.21. The molecule has 3 N–H and O–H groups in total. The molecule has 17 heavy (non-hydrogen) atoms. The number of carbonyl (C=O) groups is 1. The smallest absolute Gasteiger partial charge is 0.230 e. The highest BCUT2D eigenvalue weighted by Crippen LogP contribution is 2.39. The molecule has 0 bridgehead atoms. The Morgan fingerprint density at radius 3 is 2.82 bits per heavy atom. The molecule has 7 heteroatoms. The Kier molecular flexibility index (Phi) is 2.70. The third-order valence-electron chi connectivity index (χ3n) is 2.91. The van der Waals surface area contributed by atoms with Gasteiger partial charge in [0.05, 0.1) is 5.75 Å². The summed E-state index contributed by atoms with van der Waals surface area (Å²) in [7, 11) is 0. The first-order valence-electron chi connectivity index (χ1n) is 5.86. The van der Waals surface area contributed by atoms with Crippen LogP contribution in [0, 0.1) is 0 Å². The molecule has 1 amide bonds. The largest absolute Gasteiger partial charge is 0.353 e. The van der Waals surface area contributed by atoms with E-state index in [4.69, 9.17) is 5.84 Å². The molecule has 0 unspecified atom stereocenters. The highest BCUT2D eigenvalue weighted by molar-refractivity contribution is 7.99. The number of nitrogens with zero attached hydrogens (tertiary/aromatic N) is 3. The summed E-state index contributed by atoms with van der Waals surface area (Å²) in [6.07, 6.45) is 4.49. The normalized spacial score (nSPS) is 19.3. The minimum absolute atomic E-state index is 0.0495. The molecule has 6 nitrogen and oxygen atoms in total. The summed E-state index contributed by atoms with van der Waals surface area (Å²) in [5, 5.41) is 11.6. The molecule has 0 aliphatic heterocycles. The number of amides is 1. The van der Waals surface area contributed by atoms with Crippen molar-refractivity contribution in [2.45, 2.75) is 42.8 Å². The molecular weight excluding hydrogens is 238 g/mol. The predicted octanol–water partition coefficient (Wildman–Crippen LogP) is 0.240. The van der Waals surface area contributed by atoms with Crippen LogP contribution < -0.4 is 11.2 Å². The second-order valence-corrected chi connectivity index (χ2v) is 5.56. The first kappa shape index (κ1) is 10.9. The van der Waals surface area contributed by atoms with E-state index < -0.39 is 0 Å². The number of carbonyl (C=O) groups excluding carboxylic acids is 1. The van der Waals surface area contributed by atoms with E-state index in [-0.39, 0.29) is 5.91 Å². The molecule has 1 aromatic heterocycles. The predicted molar refractivity (Wildman–Crippen MR) is 64.0 cm³/mol. The van der Waals surface area contributed by atoms with Crippen LogP contribution in [0.3, 0.4) is 0 Å².